The predicted octanol–water partition coefficient (Wildman–Crippen LogP) is 6.65. The largest absolute Gasteiger partial charge is 0.450 e. The highest BCUT2D eigenvalue weighted by Crippen LogP contribution is 2.38. The number of halogens is 3. The predicted molar refractivity (Wildman–Crippen MR) is 119 cm³/mol. The lowest BCUT2D eigenvalue weighted by Crippen LogP contribution is -2.06. The number of hydrogen-bond donors (Lipinski definition) is 1. The van der Waals surface area contributed by atoms with E-state index >= 15 is 0 Å². The number of alkyl halides is 3. The van der Waals surface area contributed by atoms with Crippen LogP contribution in [0.5, 0.6) is 11.5 Å². The Balaban J connectivity index is 1.66. The number of nitrogens with one attached hydrogen (secondary N) is 1. The van der Waals surface area contributed by atoms with Crippen LogP contribution in [0.15, 0.2) is 60.7 Å². The number of ether oxygens (including phenoxy) is 1. The number of benzene rings is 3. The van der Waals surface area contributed by atoms with Gasteiger partial charge in [0.05, 0.1) is 27.1 Å². The summed E-state index contributed by atoms with van der Waals surface area (Å²) in [5.41, 5.74) is 1.32. The summed E-state index contributed by atoms with van der Waals surface area (Å²) in [5, 5.41) is 20.9. The summed E-state index contributed by atoms with van der Waals surface area (Å²) in [6.07, 6.45) is -3.17. The van der Waals surface area contributed by atoms with E-state index in [-0.39, 0.29) is 17.1 Å². The zero-order chi connectivity index (χ0) is 24.5. The third-order valence-corrected chi connectivity index (χ3v) is 4.89. The number of imidazole rings is 1. The van der Waals surface area contributed by atoms with Crippen LogP contribution in [-0.2, 0) is 6.18 Å². The van der Waals surface area contributed by atoms with Gasteiger partial charge in [-0.05, 0) is 60.5 Å². The van der Waals surface area contributed by atoms with Crippen LogP contribution in [0.25, 0.3) is 22.7 Å². The first-order valence-electron chi connectivity index (χ1n) is 9.86. The minimum Gasteiger partial charge on any atom is -0.450 e. The molecule has 1 aromatic heterocycles. The van der Waals surface area contributed by atoms with Gasteiger partial charge in [0.1, 0.15) is 17.6 Å². The highest BCUT2D eigenvalue weighted by molar-refractivity contribution is 5.90. The van der Waals surface area contributed by atoms with E-state index in [1.54, 1.807) is 18.2 Å². The number of nitriles is 1. The van der Waals surface area contributed by atoms with E-state index in [1.165, 1.54) is 12.1 Å². The average Bonchev–Trinajstić information content (AvgIpc) is 3.20. The van der Waals surface area contributed by atoms with Gasteiger partial charge >= 0.3 is 11.9 Å². The Morgan fingerprint density at radius 3 is 2.68 bits per heavy atom. The second-order valence-corrected chi connectivity index (χ2v) is 7.39. The van der Waals surface area contributed by atoms with Crippen molar-refractivity contribution in [3.8, 4) is 17.6 Å². The van der Waals surface area contributed by atoms with E-state index in [0.717, 1.165) is 17.1 Å². The lowest BCUT2D eigenvalue weighted by Gasteiger charge is -2.10. The van der Waals surface area contributed by atoms with Crippen molar-refractivity contribution in [2.75, 3.05) is 0 Å². The van der Waals surface area contributed by atoms with Crippen LogP contribution >= 0.6 is 0 Å². The zero-order valence-corrected chi connectivity index (χ0v) is 17.6. The summed E-state index contributed by atoms with van der Waals surface area (Å²) in [6.45, 7) is 1.94. The molecule has 170 valence electrons. The molecule has 0 radical (unpaired) electrons. The number of aryl methyl sites for hydroxylation is 1. The van der Waals surface area contributed by atoms with Crippen molar-refractivity contribution in [3.05, 3.63) is 93.3 Å². The number of H-pyrrole nitrogens is 1. The maximum absolute atomic E-state index is 12.9. The highest BCUT2D eigenvalue weighted by atomic mass is 19.4. The lowest BCUT2D eigenvalue weighted by atomic mass is 10.1. The molecule has 0 bridgehead atoms. The molecule has 0 atom stereocenters. The molecular formula is C24H15F3N4O3. The van der Waals surface area contributed by atoms with Crippen molar-refractivity contribution < 1.29 is 22.8 Å². The molecule has 0 aliphatic carbocycles. The third-order valence-electron chi connectivity index (χ3n) is 4.89. The van der Waals surface area contributed by atoms with Gasteiger partial charge in [0.2, 0.25) is 5.75 Å². The summed E-state index contributed by atoms with van der Waals surface area (Å²) in [7, 11) is 0. The highest BCUT2D eigenvalue weighted by Gasteiger charge is 2.33. The molecule has 4 rings (SSSR count). The normalized spacial score (nSPS) is 11.9. The van der Waals surface area contributed by atoms with E-state index in [2.05, 4.69) is 16.0 Å². The summed E-state index contributed by atoms with van der Waals surface area (Å²) in [4.78, 5) is 17.9. The van der Waals surface area contributed by atoms with Crippen LogP contribution in [0.2, 0.25) is 0 Å². The fourth-order valence-corrected chi connectivity index (χ4v) is 3.29. The molecule has 0 spiro atoms. The van der Waals surface area contributed by atoms with Gasteiger partial charge in [-0.1, -0.05) is 18.2 Å². The number of nitrogens with zero attached hydrogens (tertiary/aromatic N) is 3. The van der Waals surface area contributed by atoms with Crippen molar-refractivity contribution in [2.24, 2.45) is 0 Å². The molecule has 0 aliphatic heterocycles. The number of fused-ring (bicyclic) bond motifs is 1. The van der Waals surface area contributed by atoms with E-state index in [4.69, 9.17) is 4.74 Å². The minimum absolute atomic E-state index is 0.147. The third kappa shape index (κ3) is 4.73. The average molecular weight is 464 g/mol. The zero-order valence-electron chi connectivity index (χ0n) is 17.6. The number of nitro groups is 1. The quantitative estimate of drug-likeness (QED) is 0.202. The molecule has 1 N–H and O–H groups in total. The Labute approximate surface area is 190 Å². The van der Waals surface area contributed by atoms with Crippen LogP contribution in [0.4, 0.5) is 18.9 Å². The fourth-order valence-electron chi connectivity index (χ4n) is 3.29. The Kier molecular flexibility index (Phi) is 5.77. The first-order valence-corrected chi connectivity index (χ1v) is 9.86. The van der Waals surface area contributed by atoms with Crippen LogP contribution in [-0.4, -0.2) is 14.9 Å². The smallest absolute Gasteiger partial charge is 0.416 e. The second kappa shape index (κ2) is 8.71. The lowest BCUT2D eigenvalue weighted by molar-refractivity contribution is -0.385. The van der Waals surface area contributed by atoms with Crippen LogP contribution in [0.1, 0.15) is 22.5 Å². The van der Waals surface area contributed by atoms with E-state index < -0.39 is 22.4 Å². The molecule has 0 fully saturated rings. The molecule has 4 aromatic rings. The molecule has 0 unspecified atom stereocenters. The summed E-state index contributed by atoms with van der Waals surface area (Å²) in [5.74, 6) is 0.175. The van der Waals surface area contributed by atoms with E-state index in [0.29, 0.717) is 29.0 Å². The summed E-state index contributed by atoms with van der Waals surface area (Å²) >= 11 is 0. The van der Waals surface area contributed by atoms with Crippen LogP contribution in [0.3, 0.4) is 0 Å². The molecule has 34 heavy (non-hydrogen) atoms. The SMILES string of the molecule is Cc1ccc2nc(/C(C#N)=C/c3cccc(Oc4ccc(C(F)(F)F)cc4[N+](=O)[O-])c3)[nH]c2c1. The molecule has 3 aromatic carbocycles. The number of aromatic nitrogens is 2. The Hall–Kier alpha value is -4.65. The Morgan fingerprint density at radius 1 is 1.18 bits per heavy atom. The van der Waals surface area contributed by atoms with E-state index in [1.807, 2.05) is 25.1 Å². The molecule has 0 saturated carbocycles. The maximum atomic E-state index is 12.9. The number of rotatable bonds is 5. The van der Waals surface area contributed by atoms with Gasteiger partial charge in [0.25, 0.3) is 0 Å². The Morgan fingerprint density at radius 2 is 1.97 bits per heavy atom. The van der Waals surface area contributed by atoms with Crippen molar-refractivity contribution in [2.45, 2.75) is 13.1 Å². The molecule has 10 heteroatoms. The Bertz CT molecular complexity index is 1480. The van der Waals surface area contributed by atoms with Gasteiger partial charge in [0, 0.05) is 6.07 Å². The molecular weight excluding hydrogens is 449 g/mol. The van der Waals surface area contributed by atoms with Gasteiger partial charge < -0.3 is 9.72 Å². The van der Waals surface area contributed by atoms with Crippen molar-refractivity contribution in [1.82, 2.24) is 9.97 Å². The van der Waals surface area contributed by atoms with Crippen LogP contribution in [0, 0.1) is 28.4 Å². The van der Waals surface area contributed by atoms with Crippen molar-refractivity contribution in [1.29, 1.82) is 5.26 Å². The molecule has 7 nitrogen and oxygen atoms in total. The first kappa shape index (κ1) is 22.5. The first-order chi connectivity index (χ1) is 16.1. The number of nitro benzene ring substituents is 1. The monoisotopic (exact) mass is 464 g/mol. The summed E-state index contributed by atoms with van der Waals surface area (Å²) in [6, 6.07) is 16.1. The molecule has 0 aliphatic rings. The number of aromatic amines is 1. The maximum Gasteiger partial charge on any atom is 0.416 e. The van der Waals surface area contributed by atoms with Gasteiger partial charge in [-0.3, -0.25) is 10.1 Å². The fraction of sp³-hybridized carbons (Fsp3) is 0.0833. The van der Waals surface area contributed by atoms with Crippen molar-refractivity contribution in [3.63, 3.8) is 0 Å². The standard InChI is InChI=1S/C24H15F3N4O3/c1-14-5-7-19-20(9-14)30-23(29-19)16(13-28)10-15-3-2-4-18(11-15)34-22-8-6-17(24(25,26)27)12-21(22)31(32)33/h2-12H,1H3,(H,29,30)/b16-10+. The summed E-state index contributed by atoms with van der Waals surface area (Å²) < 4.78 is 44.3. The van der Waals surface area contributed by atoms with Gasteiger partial charge in [-0.2, -0.15) is 18.4 Å². The molecule has 1 heterocycles. The second-order valence-electron chi connectivity index (χ2n) is 7.39. The minimum atomic E-state index is -4.73. The molecule has 0 saturated heterocycles. The van der Waals surface area contributed by atoms with Gasteiger partial charge in [-0.25, -0.2) is 4.98 Å². The van der Waals surface area contributed by atoms with E-state index in [9.17, 15) is 28.5 Å². The number of allylic oxidation sites excluding steroid dienone is 1. The number of hydrogen-bond acceptors (Lipinski definition) is 5. The van der Waals surface area contributed by atoms with Crippen LogP contribution < -0.4 is 4.74 Å². The van der Waals surface area contributed by atoms with Gasteiger partial charge in [-0.15, -0.1) is 0 Å². The topological polar surface area (TPSA) is 105 Å². The molecule has 0 amide bonds. The van der Waals surface area contributed by atoms with Gasteiger partial charge in [0.15, 0.2) is 0 Å². The van der Waals surface area contributed by atoms with Crippen molar-refractivity contribution >= 4 is 28.4 Å².